The van der Waals surface area contributed by atoms with E-state index in [-0.39, 0.29) is 16.7 Å². The number of carbonyl (C=O) groups excluding carboxylic acids is 1. The van der Waals surface area contributed by atoms with Crippen molar-refractivity contribution < 1.29 is 13.2 Å². The summed E-state index contributed by atoms with van der Waals surface area (Å²) in [5, 5.41) is 2.66. The molecule has 7 heteroatoms. The van der Waals surface area contributed by atoms with Crippen LogP contribution in [0.3, 0.4) is 0 Å². The van der Waals surface area contributed by atoms with Crippen LogP contribution in [0.1, 0.15) is 13.8 Å². The second kappa shape index (κ2) is 6.34. The third kappa shape index (κ3) is 3.78. The smallest absolute Gasteiger partial charge is 0.242 e. The van der Waals surface area contributed by atoms with Crippen LogP contribution in [0, 0.1) is 5.92 Å². The number of hydrogen-bond acceptors (Lipinski definition) is 4. The van der Waals surface area contributed by atoms with Gasteiger partial charge in [0, 0.05) is 19.8 Å². The van der Waals surface area contributed by atoms with Gasteiger partial charge in [-0.2, -0.15) is 0 Å². The van der Waals surface area contributed by atoms with Gasteiger partial charge in [0.1, 0.15) is 0 Å². The van der Waals surface area contributed by atoms with Crippen LogP contribution in [0.25, 0.3) is 0 Å². The van der Waals surface area contributed by atoms with Crippen LogP contribution in [-0.2, 0) is 14.8 Å². The lowest BCUT2D eigenvalue weighted by Crippen LogP contribution is -2.39. The van der Waals surface area contributed by atoms with E-state index in [0.717, 1.165) is 4.31 Å². The van der Waals surface area contributed by atoms with Gasteiger partial charge in [-0.15, -0.1) is 0 Å². The lowest BCUT2D eigenvalue weighted by Gasteiger charge is -2.16. The van der Waals surface area contributed by atoms with Crippen molar-refractivity contribution in [3.05, 3.63) is 24.3 Å². The Morgan fingerprint density at radius 3 is 2.10 bits per heavy atom. The standard InChI is InChI=1S/C13H21N3O3S/c1-9(2)12(14)13(17)15-10-5-7-11(8-6-10)20(18,19)16(3)4/h5-9,12H,14H2,1-4H3,(H,15,17)/t12-/m0/s1. The molecule has 0 aromatic heterocycles. The van der Waals surface area contributed by atoms with Gasteiger partial charge in [-0.25, -0.2) is 12.7 Å². The molecule has 0 aliphatic carbocycles. The van der Waals surface area contributed by atoms with Crippen molar-refractivity contribution >= 4 is 21.6 Å². The Labute approximate surface area is 120 Å². The largest absolute Gasteiger partial charge is 0.325 e. The minimum absolute atomic E-state index is 0.0309. The van der Waals surface area contributed by atoms with Crippen molar-refractivity contribution in [3.63, 3.8) is 0 Å². The van der Waals surface area contributed by atoms with Gasteiger partial charge in [0.05, 0.1) is 10.9 Å². The van der Waals surface area contributed by atoms with Crippen molar-refractivity contribution in [2.75, 3.05) is 19.4 Å². The monoisotopic (exact) mass is 299 g/mol. The summed E-state index contributed by atoms with van der Waals surface area (Å²) in [5.41, 5.74) is 6.25. The fourth-order valence-corrected chi connectivity index (χ4v) is 2.35. The number of nitrogens with zero attached hydrogens (tertiary/aromatic N) is 1. The molecule has 3 N–H and O–H groups in total. The molecular formula is C13H21N3O3S. The van der Waals surface area contributed by atoms with Gasteiger partial charge in [0.2, 0.25) is 15.9 Å². The molecule has 1 rings (SSSR count). The van der Waals surface area contributed by atoms with Gasteiger partial charge in [-0.1, -0.05) is 13.8 Å². The molecule has 0 fully saturated rings. The van der Waals surface area contributed by atoms with E-state index in [1.807, 2.05) is 13.8 Å². The second-order valence-corrected chi connectivity index (χ2v) is 7.22. The van der Waals surface area contributed by atoms with Gasteiger partial charge in [-0.3, -0.25) is 4.79 Å². The Morgan fingerprint density at radius 1 is 1.20 bits per heavy atom. The average Bonchev–Trinajstić information content (AvgIpc) is 2.38. The lowest BCUT2D eigenvalue weighted by atomic mass is 10.1. The highest BCUT2D eigenvalue weighted by molar-refractivity contribution is 7.89. The maximum atomic E-state index is 11.9. The number of sulfonamides is 1. The summed E-state index contributed by atoms with van der Waals surface area (Å²) >= 11 is 0. The highest BCUT2D eigenvalue weighted by Crippen LogP contribution is 2.17. The topological polar surface area (TPSA) is 92.5 Å². The predicted octanol–water partition coefficient (Wildman–Crippen LogP) is 0.859. The Hall–Kier alpha value is -1.44. The summed E-state index contributed by atoms with van der Waals surface area (Å²) in [5.74, 6) is -0.258. The zero-order valence-corrected chi connectivity index (χ0v) is 12.9. The van der Waals surface area contributed by atoms with Crippen LogP contribution in [0.15, 0.2) is 29.2 Å². The van der Waals surface area contributed by atoms with Gasteiger partial charge in [0.15, 0.2) is 0 Å². The van der Waals surface area contributed by atoms with E-state index in [9.17, 15) is 13.2 Å². The molecular weight excluding hydrogens is 278 g/mol. The maximum absolute atomic E-state index is 11.9. The minimum Gasteiger partial charge on any atom is -0.325 e. The molecule has 0 aliphatic heterocycles. The van der Waals surface area contributed by atoms with Crippen LogP contribution in [-0.4, -0.2) is 38.8 Å². The average molecular weight is 299 g/mol. The summed E-state index contributed by atoms with van der Waals surface area (Å²) in [6, 6.07) is 5.39. The van der Waals surface area contributed by atoms with Crippen LogP contribution >= 0.6 is 0 Å². The molecule has 1 amide bonds. The molecule has 1 aromatic carbocycles. The molecule has 0 saturated carbocycles. The molecule has 20 heavy (non-hydrogen) atoms. The normalized spacial score (nSPS) is 13.6. The number of carbonyl (C=O) groups is 1. The van der Waals surface area contributed by atoms with Crippen molar-refractivity contribution in [2.45, 2.75) is 24.8 Å². The number of anilines is 1. The number of nitrogens with two attached hydrogens (primary N) is 1. The number of benzene rings is 1. The first-order valence-corrected chi connectivity index (χ1v) is 7.69. The zero-order valence-electron chi connectivity index (χ0n) is 12.1. The highest BCUT2D eigenvalue weighted by Gasteiger charge is 2.19. The van der Waals surface area contributed by atoms with Gasteiger partial charge in [-0.05, 0) is 30.2 Å². The van der Waals surface area contributed by atoms with E-state index in [1.54, 1.807) is 12.1 Å². The molecule has 0 aliphatic rings. The van der Waals surface area contributed by atoms with E-state index < -0.39 is 16.1 Å². The third-order valence-electron chi connectivity index (χ3n) is 2.92. The first kappa shape index (κ1) is 16.6. The number of hydrogen-bond donors (Lipinski definition) is 2. The Kier molecular flexibility index (Phi) is 5.27. The van der Waals surface area contributed by atoms with Crippen molar-refractivity contribution in [1.82, 2.24) is 4.31 Å². The molecule has 0 radical (unpaired) electrons. The van der Waals surface area contributed by atoms with Crippen LogP contribution < -0.4 is 11.1 Å². The molecule has 0 bridgehead atoms. The van der Waals surface area contributed by atoms with Gasteiger partial charge < -0.3 is 11.1 Å². The SMILES string of the molecule is CC(C)[C@H](N)C(=O)Nc1ccc(S(=O)(=O)N(C)C)cc1. The molecule has 6 nitrogen and oxygen atoms in total. The first-order valence-electron chi connectivity index (χ1n) is 6.25. The lowest BCUT2D eigenvalue weighted by molar-refractivity contribution is -0.118. The van der Waals surface area contributed by atoms with Crippen molar-refractivity contribution in [3.8, 4) is 0 Å². The van der Waals surface area contributed by atoms with Crippen LogP contribution in [0.5, 0.6) is 0 Å². The summed E-state index contributed by atoms with van der Waals surface area (Å²) in [4.78, 5) is 12.0. The molecule has 1 atom stereocenters. The first-order chi connectivity index (χ1) is 9.16. The van der Waals surface area contributed by atoms with Crippen LogP contribution in [0.2, 0.25) is 0 Å². The fourth-order valence-electron chi connectivity index (χ4n) is 1.45. The predicted molar refractivity (Wildman–Crippen MR) is 78.8 cm³/mol. The zero-order chi connectivity index (χ0) is 15.5. The van der Waals surface area contributed by atoms with E-state index >= 15 is 0 Å². The Balaban J connectivity index is 2.86. The maximum Gasteiger partial charge on any atom is 0.242 e. The molecule has 0 unspecified atom stereocenters. The molecule has 0 saturated heterocycles. The molecule has 0 spiro atoms. The summed E-state index contributed by atoms with van der Waals surface area (Å²) in [6.45, 7) is 3.72. The summed E-state index contributed by atoms with van der Waals surface area (Å²) in [6.07, 6.45) is 0. The molecule has 112 valence electrons. The van der Waals surface area contributed by atoms with Gasteiger partial charge >= 0.3 is 0 Å². The highest BCUT2D eigenvalue weighted by atomic mass is 32.2. The second-order valence-electron chi connectivity index (χ2n) is 5.07. The van der Waals surface area contributed by atoms with E-state index in [1.165, 1.54) is 26.2 Å². The van der Waals surface area contributed by atoms with Crippen LogP contribution in [0.4, 0.5) is 5.69 Å². The number of amides is 1. The molecule has 1 aromatic rings. The Morgan fingerprint density at radius 2 is 1.70 bits per heavy atom. The minimum atomic E-state index is -3.46. The van der Waals surface area contributed by atoms with Crippen molar-refractivity contribution in [2.24, 2.45) is 11.7 Å². The van der Waals surface area contributed by atoms with Gasteiger partial charge in [0.25, 0.3) is 0 Å². The number of rotatable bonds is 5. The van der Waals surface area contributed by atoms with Crippen molar-refractivity contribution in [1.29, 1.82) is 0 Å². The molecule has 0 heterocycles. The van der Waals surface area contributed by atoms with E-state index in [2.05, 4.69) is 5.32 Å². The Bertz CT molecular complexity index is 565. The third-order valence-corrected chi connectivity index (χ3v) is 4.75. The fraction of sp³-hybridized carbons (Fsp3) is 0.462. The van der Waals surface area contributed by atoms with E-state index in [4.69, 9.17) is 5.73 Å². The number of nitrogens with one attached hydrogen (secondary N) is 1. The van der Waals surface area contributed by atoms with E-state index in [0.29, 0.717) is 5.69 Å². The summed E-state index contributed by atoms with van der Waals surface area (Å²) < 4.78 is 24.9. The quantitative estimate of drug-likeness (QED) is 0.843. The summed E-state index contributed by atoms with van der Waals surface area (Å²) in [7, 11) is -0.526.